The molecule has 0 aromatic heterocycles. The van der Waals surface area contributed by atoms with Crippen LogP contribution in [0.4, 0.5) is 0 Å². The highest BCUT2D eigenvalue weighted by atomic mass is 16.4. The second-order valence-electron chi connectivity index (χ2n) is 15.0. The van der Waals surface area contributed by atoms with Crippen LogP contribution in [0.15, 0.2) is 29.3 Å². The van der Waals surface area contributed by atoms with Gasteiger partial charge in [-0.2, -0.15) is 0 Å². The van der Waals surface area contributed by atoms with Gasteiger partial charge < -0.3 is 59.7 Å². The first-order chi connectivity index (χ1) is 26.3. The van der Waals surface area contributed by atoms with Crippen molar-refractivity contribution in [1.82, 2.24) is 26.6 Å². The van der Waals surface area contributed by atoms with Gasteiger partial charge in [-0.15, -0.1) is 0 Å². The number of carbonyl (C=O) groups excluding carboxylic acids is 5. The van der Waals surface area contributed by atoms with Gasteiger partial charge in [-0.3, -0.25) is 29.0 Å². The van der Waals surface area contributed by atoms with Crippen molar-refractivity contribution in [3.63, 3.8) is 0 Å². The number of nitrogens with two attached hydrogens (primary N) is 4. The number of aliphatic carboxylic acids is 1. The molecule has 56 heavy (non-hydrogen) atoms. The number of carboxylic acids is 1. The molecule has 0 aliphatic rings. The summed E-state index contributed by atoms with van der Waals surface area (Å²) in [7, 11) is 0. The first-order valence-electron chi connectivity index (χ1n) is 19.3. The zero-order valence-corrected chi connectivity index (χ0v) is 33.7. The molecule has 0 bridgehead atoms. The van der Waals surface area contributed by atoms with Crippen LogP contribution in [0.5, 0.6) is 5.75 Å². The fraction of sp³-hybridized carbons (Fsp3) is 0.658. The summed E-state index contributed by atoms with van der Waals surface area (Å²) in [4.78, 5) is 84.0. The first-order valence-corrected chi connectivity index (χ1v) is 19.3. The summed E-state index contributed by atoms with van der Waals surface area (Å²) in [5.74, 6) is -5.53. The van der Waals surface area contributed by atoms with E-state index >= 15 is 0 Å². The molecule has 18 nitrogen and oxygen atoms in total. The SMILES string of the molecule is CC[C@H](C)[C@H](NC(=O)[C@@H](N)CCCN=C(N)N)C(=O)N[C@@H](Cc1ccc(O)cc1)C(=O)N[C@@H](CC(C)C)C(=O)N[C@H](C(=O)N[C@@H](CCCCN)C(=O)O)C(C)C. The number of nitrogens with one attached hydrogen (secondary N) is 5. The van der Waals surface area contributed by atoms with E-state index in [1.165, 1.54) is 12.1 Å². The molecular formula is C38H66N10O8. The quantitative estimate of drug-likeness (QED) is 0.0328. The number of aromatic hydroxyl groups is 1. The summed E-state index contributed by atoms with van der Waals surface area (Å²) in [6.45, 7) is 11.3. The van der Waals surface area contributed by atoms with Gasteiger partial charge in [0, 0.05) is 13.0 Å². The van der Waals surface area contributed by atoms with Crippen molar-refractivity contribution in [3.8, 4) is 5.75 Å². The Kier molecular flexibility index (Phi) is 22.1. The van der Waals surface area contributed by atoms with Crippen LogP contribution in [0, 0.1) is 17.8 Å². The number of aliphatic imine (C=N–C) groups is 1. The van der Waals surface area contributed by atoms with E-state index in [9.17, 15) is 39.0 Å². The predicted octanol–water partition coefficient (Wildman–Crippen LogP) is -0.299. The third-order valence-corrected chi connectivity index (χ3v) is 9.26. The zero-order chi connectivity index (χ0) is 42.5. The largest absolute Gasteiger partial charge is 0.508 e. The molecule has 0 saturated heterocycles. The van der Waals surface area contributed by atoms with Crippen molar-refractivity contribution in [2.24, 2.45) is 45.7 Å². The minimum absolute atomic E-state index is 0.00406. The average molecular weight is 791 g/mol. The molecule has 7 atom stereocenters. The number of phenols is 1. The highest BCUT2D eigenvalue weighted by Gasteiger charge is 2.35. The molecule has 5 amide bonds. The van der Waals surface area contributed by atoms with Crippen LogP contribution in [-0.4, -0.2) is 101 Å². The van der Waals surface area contributed by atoms with E-state index in [1.54, 1.807) is 32.9 Å². The summed E-state index contributed by atoms with van der Waals surface area (Å²) in [6.07, 6.45) is 2.51. The van der Waals surface area contributed by atoms with E-state index in [-0.39, 0.29) is 55.8 Å². The number of hydrogen-bond acceptors (Lipinski definition) is 10. The number of carbonyl (C=O) groups is 6. The van der Waals surface area contributed by atoms with Gasteiger partial charge in [0.1, 0.15) is 36.0 Å². The van der Waals surface area contributed by atoms with Crippen LogP contribution in [0.3, 0.4) is 0 Å². The Morgan fingerprint density at radius 1 is 0.714 bits per heavy atom. The van der Waals surface area contributed by atoms with E-state index in [0.29, 0.717) is 37.8 Å². The maximum atomic E-state index is 14.1. The molecule has 18 heteroatoms. The summed E-state index contributed by atoms with van der Waals surface area (Å²) in [5.41, 5.74) is 22.9. The normalized spacial score (nSPS) is 15.0. The molecule has 0 radical (unpaired) electrons. The lowest BCUT2D eigenvalue weighted by Gasteiger charge is -2.30. The van der Waals surface area contributed by atoms with E-state index in [4.69, 9.17) is 22.9 Å². The summed E-state index contributed by atoms with van der Waals surface area (Å²) in [5, 5.41) is 33.0. The van der Waals surface area contributed by atoms with Gasteiger partial charge in [-0.1, -0.05) is 60.1 Å². The van der Waals surface area contributed by atoms with Gasteiger partial charge in [0.2, 0.25) is 29.5 Å². The van der Waals surface area contributed by atoms with Crippen molar-refractivity contribution in [2.45, 2.75) is 129 Å². The zero-order valence-electron chi connectivity index (χ0n) is 33.7. The van der Waals surface area contributed by atoms with Crippen LogP contribution >= 0.6 is 0 Å². The standard InChI is InChI=1S/C38H66N10O8/c1-7-23(6)31(48-32(50)26(40)11-10-18-43-38(41)42)36(54)46-29(20-24-13-15-25(49)16-14-24)33(51)45-28(19-21(2)3)34(52)47-30(22(4)5)35(53)44-27(37(55)56)12-8-9-17-39/h13-16,21-23,26-31,49H,7-12,17-20,39-40H2,1-6H3,(H,44,53)(H,45,51)(H,46,54)(H,47,52)(H,48,50)(H,55,56)(H4,41,42,43)/t23-,26-,27-,28-,29-,30-,31-/m0/s1. The number of nitrogens with zero attached hydrogens (tertiary/aromatic N) is 1. The average Bonchev–Trinajstić information content (AvgIpc) is 3.13. The second-order valence-corrected chi connectivity index (χ2v) is 15.0. The van der Waals surface area contributed by atoms with Crippen LogP contribution in [0.2, 0.25) is 0 Å². The summed E-state index contributed by atoms with van der Waals surface area (Å²) in [6, 6.07) is -0.714. The van der Waals surface area contributed by atoms with E-state index in [0.717, 1.165) is 0 Å². The molecule has 1 rings (SSSR count). The van der Waals surface area contributed by atoms with Gasteiger partial charge in [-0.25, -0.2) is 4.79 Å². The molecule has 0 aliphatic carbocycles. The number of carboxylic acid groups (broad SMARTS) is 1. The van der Waals surface area contributed by atoms with E-state index in [2.05, 4.69) is 31.6 Å². The smallest absolute Gasteiger partial charge is 0.326 e. The fourth-order valence-corrected chi connectivity index (χ4v) is 5.73. The minimum Gasteiger partial charge on any atom is -0.508 e. The molecule has 0 heterocycles. The molecular weight excluding hydrogens is 724 g/mol. The van der Waals surface area contributed by atoms with Crippen LogP contribution < -0.4 is 49.5 Å². The minimum atomic E-state index is -1.25. The van der Waals surface area contributed by atoms with Crippen LogP contribution in [-0.2, 0) is 35.2 Å². The number of guanidine groups is 1. The number of rotatable bonds is 26. The molecule has 1 aromatic rings. The van der Waals surface area contributed by atoms with Gasteiger partial charge in [-0.05, 0) is 80.5 Å². The Bertz CT molecular complexity index is 1450. The van der Waals surface area contributed by atoms with E-state index < -0.39 is 77.7 Å². The van der Waals surface area contributed by atoms with Crippen LogP contribution in [0.1, 0.15) is 92.1 Å². The number of hydrogen-bond donors (Lipinski definition) is 11. The third kappa shape index (κ3) is 18.1. The predicted molar refractivity (Wildman–Crippen MR) is 214 cm³/mol. The Morgan fingerprint density at radius 3 is 1.80 bits per heavy atom. The second kappa shape index (κ2) is 25.2. The maximum absolute atomic E-state index is 14.1. The fourth-order valence-electron chi connectivity index (χ4n) is 5.73. The Hall–Kier alpha value is -4.97. The van der Waals surface area contributed by atoms with Crippen molar-refractivity contribution in [3.05, 3.63) is 29.8 Å². The summed E-state index contributed by atoms with van der Waals surface area (Å²) >= 11 is 0. The van der Waals surface area contributed by atoms with Crippen molar-refractivity contribution >= 4 is 41.5 Å². The molecule has 0 fully saturated rings. The summed E-state index contributed by atoms with van der Waals surface area (Å²) < 4.78 is 0. The Morgan fingerprint density at radius 2 is 1.27 bits per heavy atom. The van der Waals surface area contributed by atoms with E-state index in [1.807, 2.05) is 20.8 Å². The topological polar surface area (TPSA) is 319 Å². The number of phenolic OH excluding ortho intramolecular Hbond substituents is 1. The Balaban J connectivity index is 3.35. The maximum Gasteiger partial charge on any atom is 0.326 e. The molecule has 316 valence electrons. The van der Waals surface area contributed by atoms with Crippen LogP contribution in [0.25, 0.3) is 0 Å². The van der Waals surface area contributed by atoms with Gasteiger partial charge in [0.15, 0.2) is 5.96 Å². The van der Waals surface area contributed by atoms with Crippen molar-refractivity contribution < 1.29 is 39.0 Å². The van der Waals surface area contributed by atoms with Gasteiger partial charge in [0.05, 0.1) is 6.04 Å². The lowest BCUT2D eigenvalue weighted by molar-refractivity contribution is -0.143. The lowest BCUT2D eigenvalue weighted by atomic mass is 9.96. The molecule has 15 N–H and O–H groups in total. The monoisotopic (exact) mass is 791 g/mol. The van der Waals surface area contributed by atoms with Gasteiger partial charge in [0.25, 0.3) is 0 Å². The number of unbranched alkanes of at least 4 members (excludes halogenated alkanes) is 1. The molecule has 1 aromatic carbocycles. The van der Waals surface area contributed by atoms with Crippen molar-refractivity contribution in [1.29, 1.82) is 0 Å². The highest BCUT2D eigenvalue weighted by Crippen LogP contribution is 2.15. The lowest BCUT2D eigenvalue weighted by Crippen LogP contribution is -2.61. The highest BCUT2D eigenvalue weighted by molar-refractivity contribution is 5.96. The van der Waals surface area contributed by atoms with Gasteiger partial charge >= 0.3 is 5.97 Å². The molecule has 0 saturated carbocycles. The third-order valence-electron chi connectivity index (χ3n) is 9.26. The molecule has 0 spiro atoms. The molecule has 0 unspecified atom stereocenters. The number of amides is 5. The van der Waals surface area contributed by atoms with Crippen molar-refractivity contribution in [2.75, 3.05) is 13.1 Å². The molecule has 0 aliphatic heterocycles. The number of benzene rings is 1. The first kappa shape index (κ1) is 49.0. The Labute approximate surface area is 330 Å².